The number of carbonyl (C=O) groups is 1. The van der Waals surface area contributed by atoms with Crippen molar-refractivity contribution in [3.05, 3.63) is 83.9 Å². The molecule has 1 fully saturated rings. The van der Waals surface area contributed by atoms with Crippen molar-refractivity contribution in [3.63, 3.8) is 0 Å². The van der Waals surface area contributed by atoms with Crippen molar-refractivity contribution in [1.82, 2.24) is 9.21 Å². The molecule has 0 aliphatic carbocycles. The second kappa shape index (κ2) is 10.4. The minimum Gasteiger partial charge on any atom is -0.300 e. The van der Waals surface area contributed by atoms with Crippen LogP contribution in [0.15, 0.2) is 77.7 Å². The Morgan fingerprint density at radius 3 is 2.42 bits per heavy atom. The molecule has 0 amide bonds. The molecule has 6 heteroatoms. The molecule has 0 saturated carbocycles. The standard InChI is InChI=1S/C27H30N2O3S/c1-2-26(30)13-11-22-6-5-9-27(21-22)33(31,32)29-18-16-28(17-19-29)15-14-23-10-12-24-7-3-4-8-25(24)20-23/h3-13,20-21H,2,14-19H2,1H3/b13-11+. The molecule has 0 bridgehead atoms. The largest absolute Gasteiger partial charge is 0.300 e. The van der Waals surface area contributed by atoms with E-state index in [4.69, 9.17) is 0 Å². The van der Waals surface area contributed by atoms with Gasteiger partial charge in [0.2, 0.25) is 10.0 Å². The van der Waals surface area contributed by atoms with Crippen molar-refractivity contribution in [1.29, 1.82) is 0 Å². The molecular formula is C27H30N2O3S. The summed E-state index contributed by atoms with van der Waals surface area (Å²) in [6.45, 7) is 5.12. The van der Waals surface area contributed by atoms with Crippen LogP contribution in [0.2, 0.25) is 0 Å². The number of hydrogen-bond acceptors (Lipinski definition) is 4. The van der Waals surface area contributed by atoms with Crippen LogP contribution in [-0.2, 0) is 21.2 Å². The molecule has 3 aromatic carbocycles. The Morgan fingerprint density at radius 2 is 1.67 bits per heavy atom. The summed E-state index contributed by atoms with van der Waals surface area (Å²) in [4.78, 5) is 14.1. The first-order chi connectivity index (χ1) is 16.0. The molecular weight excluding hydrogens is 432 g/mol. The van der Waals surface area contributed by atoms with Crippen molar-refractivity contribution in [2.45, 2.75) is 24.7 Å². The summed E-state index contributed by atoms with van der Waals surface area (Å²) >= 11 is 0. The predicted molar refractivity (Wildman–Crippen MR) is 134 cm³/mol. The summed E-state index contributed by atoms with van der Waals surface area (Å²) in [5.74, 6) is 0.0167. The number of fused-ring (bicyclic) bond motifs is 1. The predicted octanol–water partition coefficient (Wildman–Crippen LogP) is 4.38. The quantitative estimate of drug-likeness (QED) is 0.466. The molecule has 0 atom stereocenters. The van der Waals surface area contributed by atoms with Crippen LogP contribution in [-0.4, -0.2) is 56.1 Å². The molecule has 33 heavy (non-hydrogen) atoms. The fourth-order valence-electron chi connectivity index (χ4n) is 4.11. The number of rotatable bonds is 8. The zero-order valence-corrected chi connectivity index (χ0v) is 19.8. The normalized spacial score (nSPS) is 15.9. The van der Waals surface area contributed by atoms with Gasteiger partial charge in [-0.05, 0) is 46.5 Å². The molecule has 0 spiro atoms. The summed E-state index contributed by atoms with van der Waals surface area (Å²) in [5.41, 5.74) is 2.02. The molecule has 0 radical (unpaired) electrons. The number of ketones is 1. The maximum Gasteiger partial charge on any atom is 0.243 e. The van der Waals surface area contributed by atoms with Gasteiger partial charge in [0.1, 0.15) is 0 Å². The number of allylic oxidation sites excluding steroid dienone is 1. The Morgan fingerprint density at radius 1 is 0.909 bits per heavy atom. The van der Waals surface area contributed by atoms with Crippen molar-refractivity contribution >= 4 is 32.7 Å². The molecule has 4 rings (SSSR count). The Hall–Kier alpha value is -2.80. The molecule has 0 aromatic heterocycles. The van der Waals surface area contributed by atoms with Crippen LogP contribution >= 0.6 is 0 Å². The van der Waals surface area contributed by atoms with E-state index in [9.17, 15) is 13.2 Å². The van der Waals surface area contributed by atoms with E-state index in [1.807, 2.05) is 6.07 Å². The fraction of sp³-hybridized carbons (Fsp3) is 0.296. The Balaban J connectivity index is 1.34. The van der Waals surface area contributed by atoms with Crippen LogP contribution in [0.3, 0.4) is 0 Å². The van der Waals surface area contributed by atoms with Crippen LogP contribution in [0, 0.1) is 0 Å². The fourth-order valence-corrected chi connectivity index (χ4v) is 5.59. The van der Waals surface area contributed by atoms with Crippen LogP contribution in [0.1, 0.15) is 24.5 Å². The van der Waals surface area contributed by atoms with Crippen LogP contribution < -0.4 is 0 Å². The van der Waals surface area contributed by atoms with E-state index >= 15 is 0 Å². The summed E-state index contributed by atoms with van der Waals surface area (Å²) < 4.78 is 27.9. The van der Waals surface area contributed by atoms with Gasteiger partial charge in [-0.25, -0.2) is 8.42 Å². The van der Waals surface area contributed by atoms with Gasteiger partial charge in [0.05, 0.1) is 4.90 Å². The van der Waals surface area contributed by atoms with Gasteiger partial charge in [0.15, 0.2) is 5.78 Å². The maximum atomic E-state index is 13.2. The van der Waals surface area contributed by atoms with Gasteiger partial charge in [-0.15, -0.1) is 0 Å². The van der Waals surface area contributed by atoms with E-state index < -0.39 is 10.0 Å². The maximum absolute atomic E-state index is 13.2. The van der Waals surface area contributed by atoms with Crippen molar-refractivity contribution in [2.24, 2.45) is 0 Å². The van der Waals surface area contributed by atoms with Gasteiger partial charge in [0.25, 0.3) is 0 Å². The number of piperazine rings is 1. The first-order valence-corrected chi connectivity index (χ1v) is 12.9. The third kappa shape index (κ3) is 5.77. The number of sulfonamides is 1. The highest BCUT2D eigenvalue weighted by Crippen LogP contribution is 2.20. The van der Waals surface area contributed by atoms with E-state index in [-0.39, 0.29) is 10.7 Å². The average Bonchev–Trinajstić information content (AvgIpc) is 2.86. The number of benzene rings is 3. The smallest absolute Gasteiger partial charge is 0.243 e. The lowest BCUT2D eigenvalue weighted by atomic mass is 10.0. The summed E-state index contributed by atoms with van der Waals surface area (Å²) in [6, 6.07) is 21.7. The van der Waals surface area contributed by atoms with E-state index in [0.29, 0.717) is 25.1 Å². The zero-order valence-electron chi connectivity index (χ0n) is 19.0. The van der Waals surface area contributed by atoms with Gasteiger partial charge in [-0.3, -0.25) is 4.79 Å². The zero-order chi connectivity index (χ0) is 23.3. The Labute approximate surface area is 196 Å². The first-order valence-electron chi connectivity index (χ1n) is 11.5. The molecule has 1 heterocycles. The van der Waals surface area contributed by atoms with Gasteiger partial charge < -0.3 is 4.90 Å². The van der Waals surface area contributed by atoms with E-state index in [2.05, 4.69) is 47.4 Å². The average molecular weight is 463 g/mol. The van der Waals surface area contributed by atoms with Crippen molar-refractivity contribution in [3.8, 4) is 0 Å². The van der Waals surface area contributed by atoms with Gasteiger partial charge in [-0.1, -0.05) is 67.6 Å². The van der Waals surface area contributed by atoms with E-state index in [1.54, 1.807) is 35.5 Å². The van der Waals surface area contributed by atoms with E-state index in [0.717, 1.165) is 26.1 Å². The molecule has 172 valence electrons. The summed E-state index contributed by atoms with van der Waals surface area (Å²) in [7, 11) is -3.56. The van der Waals surface area contributed by atoms with Crippen LogP contribution in [0.25, 0.3) is 16.8 Å². The van der Waals surface area contributed by atoms with Gasteiger partial charge in [0, 0.05) is 39.1 Å². The number of hydrogen-bond donors (Lipinski definition) is 0. The molecule has 1 aliphatic heterocycles. The lowest BCUT2D eigenvalue weighted by Crippen LogP contribution is -2.49. The highest BCUT2D eigenvalue weighted by molar-refractivity contribution is 7.89. The molecule has 3 aromatic rings. The molecule has 0 N–H and O–H groups in total. The number of nitrogens with zero attached hydrogens (tertiary/aromatic N) is 2. The Bertz CT molecular complexity index is 1260. The second-order valence-corrected chi connectivity index (χ2v) is 10.3. The van der Waals surface area contributed by atoms with Crippen LogP contribution in [0.4, 0.5) is 0 Å². The Kier molecular flexibility index (Phi) is 7.38. The van der Waals surface area contributed by atoms with Crippen molar-refractivity contribution in [2.75, 3.05) is 32.7 Å². The minimum atomic E-state index is -3.56. The second-order valence-electron chi connectivity index (χ2n) is 8.40. The highest BCUT2D eigenvalue weighted by atomic mass is 32.2. The highest BCUT2D eigenvalue weighted by Gasteiger charge is 2.28. The molecule has 5 nitrogen and oxygen atoms in total. The first kappa shape index (κ1) is 23.4. The van der Waals surface area contributed by atoms with Gasteiger partial charge in [-0.2, -0.15) is 4.31 Å². The third-order valence-corrected chi connectivity index (χ3v) is 8.06. The third-order valence-electron chi connectivity index (χ3n) is 6.17. The lowest BCUT2D eigenvalue weighted by Gasteiger charge is -2.34. The van der Waals surface area contributed by atoms with Crippen molar-refractivity contribution < 1.29 is 13.2 Å². The van der Waals surface area contributed by atoms with E-state index in [1.165, 1.54) is 22.4 Å². The number of carbonyl (C=O) groups excluding carboxylic acids is 1. The molecule has 1 saturated heterocycles. The molecule has 1 aliphatic rings. The van der Waals surface area contributed by atoms with Crippen LogP contribution in [0.5, 0.6) is 0 Å². The minimum absolute atomic E-state index is 0.0167. The molecule has 0 unspecified atom stereocenters. The topological polar surface area (TPSA) is 57.7 Å². The summed E-state index contributed by atoms with van der Waals surface area (Å²) in [6.07, 6.45) is 4.55. The lowest BCUT2D eigenvalue weighted by molar-refractivity contribution is -0.114. The SMILES string of the molecule is CCC(=O)/C=C/c1cccc(S(=O)(=O)N2CCN(CCc3ccc4ccccc4c3)CC2)c1. The summed E-state index contributed by atoms with van der Waals surface area (Å²) in [5, 5.41) is 2.50. The van der Waals surface area contributed by atoms with Gasteiger partial charge >= 0.3 is 0 Å². The monoisotopic (exact) mass is 462 g/mol.